The van der Waals surface area contributed by atoms with Gasteiger partial charge < -0.3 is 9.82 Å². The summed E-state index contributed by atoms with van der Waals surface area (Å²) < 4.78 is 62.3. The first kappa shape index (κ1) is 18.4. The van der Waals surface area contributed by atoms with Crippen LogP contribution >= 0.6 is 7.52 Å². The van der Waals surface area contributed by atoms with Crippen molar-refractivity contribution in [1.29, 1.82) is 0 Å². The number of ether oxygens (including phenoxy) is 1. The molecular formula is C16H17F3NO3P. The second kappa shape index (κ2) is 7.28. The van der Waals surface area contributed by atoms with Gasteiger partial charge in [-0.2, -0.15) is 13.2 Å². The van der Waals surface area contributed by atoms with Crippen LogP contribution in [-0.4, -0.2) is 20.0 Å². The van der Waals surface area contributed by atoms with E-state index in [9.17, 15) is 17.7 Å². The highest BCUT2D eigenvalue weighted by atomic mass is 31.2. The molecule has 0 heterocycles. The minimum Gasteiger partial charge on any atom is -0.497 e. The lowest BCUT2D eigenvalue weighted by atomic mass is 10.1. The molecule has 0 aliphatic heterocycles. The van der Waals surface area contributed by atoms with Gasteiger partial charge in [-0.15, -0.1) is 0 Å². The summed E-state index contributed by atoms with van der Waals surface area (Å²) in [4.78, 5) is 0. The van der Waals surface area contributed by atoms with Crippen molar-refractivity contribution in [3.8, 4) is 5.75 Å². The van der Waals surface area contributed by atoms with Crippen molar-refractivity contribution in [2.75, 3.05) is 18.9 Å². The number of hydrogen-bond donors (Lipinski definition) is 1. The van der Waals surface area contributed by atoms with Crippen molar-refractivity contribution in [2.45, 2.75) is 12.3 Å². The van der Waals surface area contributed by atoms with E-state index in [-0.39, 0.29) is 5.56 Å². The van der Waals surface area contributed by atoms with E-state index < -0.39 is 19.8 Å². The zero-order valence-corrected chi connectivity index (χ0v) is 14.0. The Kier molecular flexibility index (Phi) is 5.57. The quantitative estimate of drug-likeness (QED) is 0.716. The van der Waals surface area contributed by atoms with Crippen LogP contribution in [0.1, 0.15) is 11.7 Å². The van der Waals surface area contributed by atoms with Crippen molar-refractivity contribution in [2.24, 2.45) is 0 Å². The molecule has 2 unspecified atom stereocenters. The molecule has 0 fully saturated rings. The Morgan fingerprint density at radius 3 is 2.12 bits per heavy atom. The second-order valence-corrected chi connectivity index (χ2v) is 7.25. The van der Waals surface area contributed by atoms with Gasteiger partial charge in [-0.3, -0.25) is 9.09 Å². The van der Waals surface area contributed by atoms with E-state index in [1.807, 2.05) is 0 Å². The van der Waals surface area contributed by atoms with Crippen LogP contribution in [0, 0.1) is 0 Å². The average Bonchev–Trinajstić information content (AvgIpc) is 2.53. The summed E-state index contributed by atoms with van der Waals surface area (Å²) in [7, 11) is -2.28. The van der Waals surface area contributed by atoms with Crippen molar-refractivity contribution < 1.29 is 27.0 Å². The van der Waals surface area contributed by atoms with Crippen molar-refractivity contribution in [3.63, 3.8) is 0 Å². The molecule has 2 rings (SSSR count). The fourth-order valence-corrected chi connectivity index (χ4v) is 3.38. The van der Waals surface area contributed by atoms with E-state index in [4.69, 9.17) is 9.26 Å². The molecule has 0 amide bonds. The average molecular weight is 359 g/mol. The zero-order chi connectivity index (χ0) is 17.8. The lowest BCUT2D eigenvalue weighted by molar-refractivity contribution is -0.197. The number of halogens is 3. The lowest BCUT2D eigenvalue weighted by Crippen LogP contribution is -2.23. The summed E-state index contributed by atoms with van der Waals surface area (Å²) in [6, 6.07) is 13.4. The molecule has 0 aliphatic rings. The molecular weight excluding hydrogens is 342 g/mol. The smallest absolute Gasteiger partial charge is 0.419 e. The summed E-state index contributed by atoms with van der Waals surface area (Å²) in [6.07, 6.45) is -6.96. The van der Waals surface area contributed by atoms with Crippen LogP contribution in [0.15, 0.2) is 54.6 Å². The van der Waals surface area contributed by atoms with E-state index in [2.05, 4.69) is 5.09 Å². The van der Waals surface area contributed by atoms with Gasteiger partial charge in [-0.1, -0.05) is 30.3 Å². The van der Waals surface area contributed by atoms with E-state index in [1.165, 1.54) is 31.4 Å². The van der Waals surface area contributed by atoms with Gasteiger partial charge in [0, 0.05) is 12.4 Å². The fraction of sp³-hybridized carbons (Fsp3) is 0.250. The van der Waals surface area contributed by atoms with E-state index in [0.29, 0.717) is 11.4 Å². The third kappa shape index (κ3) is 5.01. The number of alkyl halides is 3. The first-order valence-corrected chi connectivity index (χ1v) is 9.08. The van der Waals surface area contributed by atoms with Crippen LogP contribution in [0.25, 0.3) is 0 Å². The Morgan fingerprint density at radius 2 is 1.62 bits per heavy atom. The molecule has 0 saturated heterocycles. The maximum absolute atomic E-state index is 13.3. The van der Waals surface area contributed by atoms with Crippen molar-refractivity contribution in [1.82, 2.24) is 0 Å². The molecule has 0 aromatic heterocycles. The van der Waals surface area contributed by atoms with E-state index >= 15 is 0 Å². The highest BCUT2D eigenvalue weighted by Gasteiger charge is 2.45. The van der Waals surface area contributed by atoms with Crippen LogP contribution in [0.4, 0.5) is 18.9 Å². The van der Waals surface area contributed by atoms with Gasteiger partial charge in [-0.25, -0.2) is 0 Å². The summed E-state index contributed by atoms with van der Waals surface area (Å²) in [5, 5.41) is 2.52. The maximum Gasteiger partial charge on any atom is 0.419 e. The molecule has 2 aromatic carbocycles. The predicted octanol–water partition coefficient (Wildman–Crippen LogP) is 5.25. The van der Waals surface area contributed by atoms with Crippen molar-refractivity contribution in [3.05, 3.63) is 60.2 Å². The molecule has 0 spiro atoms. The summed E-state index contributed by atoms with van der Waals surface area (Å²) in [6.45, 7) is 1.11. The van der Waals surface area contributed by atoms with Crippen LogP contribution in [0.5, 0.6) is 5.75 Å². The molecule has 0 saturated carbocycles. The number of nitrogens with one attached hydrogen (secondary N) is 1. The monoisotopic (exact) mass is 359 g/mol. The second-order valence-electron chi connectivity index (χ2n) is 5.12. The van der Waals surface area contributed by atoms with Gasteiger partial charge >= 0.3 is 6.18 Å². The summed E-state index contributed by atoms with van der Waals surface area (Å²) >= 11 is 0. The Bertz CT molecular complexity index is 705. The molecule has 0 aliphatic carbocycles. The van der Waals surface area contributed by atoms with Gasteiger partial charge in [-0.05, 0) is 29.8 Å². The predicted molar refractivity (Wildman–Crippen MR) is 86.5 cm³/mol. The number of benzene rings is 2. The molecule has 2 atom stereocenters. The van der Waals surface area contributed by atoms with Crippen LogP contribution in [0.2, 0.25) is 0 Å². The highest BCUT2D eigenvalue weighted by molar-refractivity contribution is 7.59. The van der Waals surface area contributed by atoms with E-state index in [1.54, 1.807) is 30.3 Å². The molecule has 4 nitrogen and oxygen atoms in total. The van der Waals surface area contributed by atoms with Crippen LogP contribution in [-0.2, 0) is 9.09 Å². The van der Waals surface area contributed by atoms with Crippen LogP contribution < -0.4 is 9.82 Å². The van der Waals surface area contributed by atoms with Crippen LogP contribution in [0.3, 0.4) is 0 Å². The minimum absolute atomic E-state index is 0.108. The van der Waals surface area contributed by atoms with Gasteiger partial charge in [0.1, 0.15) is 5.75 Å². The molecule has 8 heteroatoms. The van der Waals surface area contributed by atoms with Gasteiger partial charge in [0.15, 0.2) is 6.10 Å². The van der Waals surface area contributed by atoms with Gasteiger partial charge in [0.05, 0.1) is 7.11 Å². The summed E-state index contributed by atoms with van der Waals surface area (Å²) in [5.41, 5.74) is 0.263. The molecule has 0 radical (unpaired) electrons. The first-order valence-electron chi connectivity index (χ1n) is 7.01. The molecule has 2 aromatic rings. The SMILES string of the molecule is COc1ccc(NP(C)(=O)OC(c2ccccc2)C(F)(F)F)cc1. The number of anilines is 1. The maximum atomic E-state index is 13.3. The molecule has 24 heavy (non-hydrogen) atoms. The van der Waals surface area contributed by atoms with Gasteiger partial charge in [0.2, 0.25) is 0 Å². The molecule has 1 N–H and O–H groups in total. The van der Waals surface area contributed by atoms with E-state index in [0.717, 1.165) is 6.66 Å². The largest absolute Gasteiger partial charge is 0.497 e. The topological polar surface area (TPSA) is 47.6 Å². The lowest BCUT2D eigenvalue weighted by Gasteiger charge is -2.25. The molecule has 130 valence electrons. The van der Waals surface area contributed by atoms with Gasteiger partial charge in [0.25, 0.3) is 7.52 Å². The fourth-order valence-electron chi connectivity index (χ4n) is 2.06. The standard InChI is InChI=1S/C16H17F3NO3P/c1-22-14-10-8-13(9-11-14)20-24(2,21)23-15(16(17,18)19)12-6-4-3-5-7-12/h3-11,15H,1-2H3,(H,20,21). The third-order valence-corrected chi connectivity index (χ3v) is 4.41. The zero-order valence-electron chi connectivity index (χ0n) is 13.1. The molecule has 0 bridgehead atoms. The number of methoxy groups -OCH3 is 1. The number of rotatable bonds is 6. The Balaban J connectivity index is 2.19. The Morgan fingerprint density at radius 1 is 1.04 bits per heavy atom. The summed E-state index contributed by atoms with van der Waals surface area (Å²) in [5.74, 6) is 0.574. The van der Waals surface area contributed by atoms with Crippen molar-refractivity contribution >= 4 is 13.2 Å². The minimum atomic E-state index is -4.69. The first-order chi connectivity index (χ1) is 11.2. The Labute approximate surface area is 138 Å². The Hall–Kier alpha value is -1.98. The highest BCUT2D eigenvalue weighted by Crippen LogP contribution is 2.51. The third-order valence-electron chi connectivity index (χ3n) is 3.13. The normalized spacial score (nSPS) is 15.4. The number of hydrogen-bond acceptors (Lipinski definition) is 3.